The number of ether oxygens (including phenoxy) is 1. The van der Waals surface area contributed by atoms with Crippen LogP contribution in [0.2, 0.25) is 0 Å². The topological polar surface area (TPSA) is 62.7 Å². The second kappa shape index (κ2) is 6.15. The zero-order chi connectivity index (χ0) is 13.0. The predicted molar refractivity (Wildman–Crippen MR) is 70.1 cm³/mol. The van der Waals surface area contributed by atoms with Gasteiger partial charge in [-0.3, -0.25) is 0 Å². The average molecular weight is 270 g/mol. The summed E-state index contributed by atoms with van der Waals surface area (Å²) < 4.78 is 4.65. The summed E-state index contributed by atoms with van der Waals surface area (Å²) in [7, 11) is 1.36. The summed E-state index contributed by atoms with van der Waals surface area (Å²) in [6.45, 7) is 2.12. The molecule has 1 aromatic heterocycles. The van der Waals surface area contributed by atoms with Crippen LogP contribution in [-0.2, 0) is 4.74 Å². The third-order valence-corrected chi connectivity index (χ3v) is 4.11. The highest BCUT2D eigenvalue weighted by molar-refractivity contribution is 7.13. The molecule has 0 amide bonds. The quantitative estimate of drug-likeness (QED) is 0.841. The van der Waals surface area contributed by atoms with Crippen molar-refractivity contribution in [3.63, 3.8) is 0 Å². The van der Waals surface area contributed by atoms with Crippen LogP contribution >= 0.6 is 11.3 Å². The van der Waals surface area contributed by atoms with E-state index in [0.29, 0.717) is 11.6 Å². The van der Waals surface area contributed by atoms with Crippen LogP contribution in [0.1, 0.15) is 29.8 Å². The first-order valence-electron chi connectivity index (χ1n) is 6.14. The lowest BCUT2D eigenvalue weighted by atomic mass is 9.95. The molecule has 0 radical (unpaired) electrons. The Bertz CT molecular complexity index is 406. The lowest BCUT2D eigenvalue weighted by molar-refractivity contribution is 0.0595. The largest absolute Gasteiger partial charge is 0.464 e. The molecule has 1 fully saturated rings. The molecule has 6 heteroatoms. The molecule has 1 unspecified atom stereocenters. The summed E-state index contributed by atoms with van der Waals surface area (Å²) >= 11 is 1.47. The third kappa shape index (κ3) is 3.00. The van der Waals surface area contributed by atoms with Crippen molar-refractivity contribution in [3.8, 4) is 0 Å². The number of anilines is 1. The molecule has 0 spiro atoms. The maximum Gasteiger partial charge on any atom is 0.357 e. The summed E-state index contributed by atoms with van der Waals surface area (Å²) in [5.74, 6) is 0.135. The van der Waals surface area contributed by atoms with Gasteiger partial charge in [0.1, 0.15) is 0 Å². The Morgan fingerprint density at radius 3 is 3.28 bits per heavy atom. The van der Waals surface area contributed by atoms with Gasteiger partial charge >= 0.3 is 5.97 Å². The number of hydrogen-bond acceptors (Lipinski definition) is 6. The van der Waals surface area contributed by atoms with Gasteiger partial charge in [0.25, 0.3) is 0 Å². The van der Waals surface area contributed by atoms with Gasteiger partial charge < -0.3 is 14.7 Å². The molecule has 0 aromatic carbocycles. The van der Waals surface area contributed by atoms with E-state index in [1.54, 1.807) is 5.38 Å². The van der Waals surface area contributed by atoms with E-state index in [4.69, 9.17) is 5.11 Å². The fourth-order valence-electron chi connectivity index (χ4n) is 2.26. The maximum absolute atomic E-state index is 11.3. The van der Waals surface area contributed by atoms with E-state index in [9.17, 15) is 4.79 Å². The number of nitrogens with zero attached hydrogens (tertiary/aromatic N) is 2. The number of carbonyl (C=O) groups excluding carboxylic acids is 1. The highest BCUT2D eigenvalue weighted by atomic mass is 32.1. The Hall–Kier alpha value is -1.14. The SMILES string of the molecule is COC(=O)c1csc(N2CCCC(CCO)C2)n1. The minimum absolute atomic E-state index is 0.240. The molecule has 1 atom stereocenters. The Labute approximate surface area is 110 Å². The molecule has 0 saturated carbocycles. The van der Waals surface area contributed by atoms with E-state index in [1.165, 1.54) is 18.4 Å². The van der Waals surface area contributed by atoms with Crippen molar-refractivity contribution in [3.05, 3.63) is 11.1 Å². The van der Waals surface area contributed by atoms with Gasteiger partial charge in [0.2, 0.25) is 0 Å². The number of rotatable bonds is 4. The first-order chi connectivity index (χ1) is 8.74. The van der Waals surface area contributed by atoms with Gasteiger partial charge in [-0.25, -0.2) is 9.78 Å². The molecule has 1 saturated heterocycles. The zero-order valence-corrected chi connectivity index (χ0v) is 11.3. The van der Waals surface area contributed by atoms with Crippen molar-refractivity contribution >= 4 is 22.4 Å². The molecule has 18 heavy (non-hydrogen) atoms. The molecule has 5 nitrogen and oxygen atoms in total. The first-order valence-corrected chi connectivity index (χ1v) is 7.02. The van der Waals surface area contributed by atoms with Crippen molar-refractivity contribution < 1.29 is 14.6 Å². The zero-order valence-electron chi connectivity index (χ0n) is 10.5. The van der Waals surface area contributed by atoms with E-state index >= 15 is 0 Å². The Balaban J connectivity index is 2.02. The molecular formula is C12H18N2O3S. The van der Waals surface area contributed by atoms with Gasteiger partial charge in [0.05, 0.1) is 7.11 Å². The second-order valence-electron chi connectivity index (χ2n) is 4.47. The van der Waals surface area contributed by atoms with Crippen molar-refractivity contribution in [2.45, 2.75) is 19.3 Å². The highest BCUT2D eigenvalue weighted by Crippen LogP contribution is 2.27. The number of piperidine rings is 1. The van der Waals surface area contributed by atoms with Gasteiger partial charge in [-0.05, 0) is 25.2 Å². The molecule has 0 bridgehead atoms. The molecule has 0 aliphatic carbocycles. The standard InChI is InChI=1S/C12H18N2O3S/c1-17-11(16)10-8-18-12(13-10)14-5-2-3-9(7-14)4-6-15/h8-9,15H,2-7H2,1H3. The van der Waals surface area contributed by atoms with Gasteiger partial charge in [-0.15, -0.1) is 11.3 Å². The number of thiazole rings is 1. The molecule has 2 rings (SSSR count). The number of hydrogen-bond donors (Lipinski definition) is 1. The van der Waals surface area contributed by atoms with E-state index in [1.807, 2.05) is 0 Å². The van der Waals surface area contributed by atoms with Gasteiger partial charge in [0, 0.05) is 25.1 Å². The molecule has 2 heterocycles. The van der Waals surface area contributed by atoms with Crippen LogP contribution in [0.15, 0.2) is 5.38 Å². The number of aromatic nitrogens is 1. The molecule has 1 aliphatic rings. The van der Waals surface area contributed by atoms with Gasteiger partial charge in [0.15, 0.2) is 10.8 Å². The fraction of sp³-hybridized carbons (Fsp3) is 0.667. The lowest BCUT2D eigenvalue weighted by Gasteiger charge is -2.32. The summed E-state index contributed by atoms with van der Waals surface area (Å²) in [6, 6.07) is 0. The second-order valence-corrected chi connectivity index (χ2v) is 5.31. The summed E-state index contributed by atoms with van der Waals surface area (Å²) in [5, 5.41) is 11.6. The number of carbonyl (C=O) groups is 1. The molecular weight excluding hydrogens is 252 g/mol. The van der Waals surface area contributed by atoms with Crippen LogP contribution in [0.3, 0.4) is 0 Å². The van der Waals surface area contributed by atoms with E-state index in [0.717, 1.165) is 37.5 Å². The smallest absolute Gasteiger partial charge is 0.357 e. The van der Waals surface area contributed by atoms with Crippen molar-refractivity contribution in [2.75, 3.05) is 31.7 Å². The van der Waals surface area contributed by atoms with E-state index in [-0.39, 0.29) is 12.6 Å². The van der Waals surface area contributed by atoms with Crippen molar-refractivity contribution in [1.82, 2.24) is 4.98 Å². The fourth-order valence-corrected chi connectivity index (χ4v) is 3.10. The van der Waals surface area contributed by atoms with Crippen LogP contribution < -0.4 is 4.90 Å². The molecule has 100 valence electrons. The van der Waals surface area contributed by atoms with Crippen LogP contribution in [0.5, 0.6) is 0 Å². The van der Waals surface area contributed by atoms with Crippen molar-refractivity contribution in [1.29, 1.82) is 0 Å². The Morgan fingerprint density at radius 2 is 2.56 bits per heavy atom. The maximum atomic E-state index is 11.3. The minimum Gasteiger partial charge on any atom is -0.464 e. The highest BCUT2D eigenvalue weighted by Gasteiger charge is 2.22. The Kier molecular flexibility index (Phi) is 4.54. The van der Waals surface area contributed by atoms with Crippen LogP contribution in [0, 0.1) is 5.92 Å². The number of aliphatic hydroxyl groups excluding tert-OH is 1. The molecule has 1 N–H and O–H groups in total. The van der Waals surface area contributed by atoms with E-state index < -0.39 is 0 Å². The molecule has 1 aliphatic heterocycles. The summed E-state index contributed by atoms with van der Waals surface area (Å²) in [6.07, 6.45) is 3.11. The molecule has 1 aromatic rings. The predicted octanol–water partition coefficient (Wildman–Crippen LogP) is 1.53. The average Bonchev–Trinajstić information content (AvgIpc) is 2.88. The summed E-state index contributed by atoms with van der Waals surface area (Å²) in [5.41, 5.74) is 0.377. The van der Waals surface area contributed by atoms with Crippen molar-refractivity contribution in [2.24, 2.45) is 5.92 Å². The number of esters is 1. The van der Waals surface area contributed by atoms with Crippen LogP contribution in [-0.4, -0.2) is 42.9 Å². The summed E-state index contributed by atoms with van der Waals surface area (Å²) in [4.78, 5) is 17.8. The van der Waals surface area contributed by atoms with Gasteiger partial charge in [-0.1, -0.05) is 0 Å². The van der Waals surface area contributed by atoms with Crippen LogP contribution in [0.25, 0.3) is 0 Å². The van der Waals surface area contributed by atoms with Gasteiger partial charge in [-0.2, -0.15) is 0 Å². The number of methoxy groups -OCH3 is 1. The minimum atomic E-state index is -0.388. The monoisotopic (exact) mass is 270 g/mol. The normalized spacial score (nSPS) is 19.9. The van der Waals surface area contributed by atoms with Crippen LogP contribution in [0.4, 0.5) is 5.13 Å². The lowest BCUT2D eigenvalue weighted by Crippen LogP contribution is -2.35. The third-order valence-electron chi connectivity index (χ3n) is 3.21. The first kappa shape index (κ1) is 13.3. The Morgan fingerprint density at radius 1 is 1.72 bits per heavy atom. The van der Waals surface area contributed by atoms with E-state index in [2.05, 4.69) is 14.6 Å². The number of aliphatic hydroxyl groups is 1.